The quantitative estimate of drug-likeness (QED) is 0.533. The average molecular weight is 455 g/mol. The number of pyridine rings is 1. The number of piperidine rings is 1. The number of carbonyl (C=O) groups is 1. The summed E-state index contributed by atoms with van der Waals surface area (Å²) >= 11 is 0. The first-order valence-corrected chi connectivity index (χ1v) is 12.1. The van der Waals surface area contributed by atoms with Crippen LogP contribution >= 0.6 is 0 Å². The molecule has 2 aliphatic rings. The van der Waals surface area contributed by atoms with E-state index >= 15 is 0 Å². The summed E-state index contributed by atoms with van der Waals surface area (Å²) in [6.45, 7) is 8.85. The van der Waals surface area contributed by atoms with Gasteiger partial charge < -0.3 is 18.9 Å². The molecule has 1 atom stereocenters. The number of aromatic nitrogens is 3. The molecule has 1 unspecified atom stereocenters. The second-order valence-electron chi connectivity index (χ2n) is 9.17. The number of rotatable bonds is 8. The van der Waals surface area contributed by atoms with E-state index in [-0.39, 0.29) is 17.8 Å². The van der Waals surface area contributed by atoms with Crippen LogP contribution in [0.25, 0.3) is 5.57 Å². The lowest BCUT2D eigenvalue weighted by Crippen LogP contribution is -2.35. The minimum absolute atomic E-state index is 0.0206. The SMILES string of the molecule is CCOC(=O)C1CC=C(c2ccc(OCC3CCN(c4nc(C(C)C)no4)CC3)nc2)CC1. The lowest BCUT2D eigenvalue weighted by molar-refractivity contribution is -0.148. The van der Waals surface area contributed by atoms with Gasteiger partial charge in [0.05, 0.1) is 19.1 Å². The van der Waals surface area contributed by atoms with E-state index in [1.807, 2.05) is 19.2 Å². The lowest BCUT2D eigenvalue weighted by Gasteiger charge is -2.30. The largest absolute Gasteiger partial charge is 0.477 e. The molecular weight excluding hydrogens is 420 g/mol. The van der Waals surface area contributed by atoms with Crippen LogP contribution in [0.1, 0.15) is 70.2 Å². The highest BCUT2D eigenvalue weighted by Crippen LogP contribution is 2.31. The predicted molar refractivity (Wildman–Crippen MR) is 125 cm³/mol. The van der Waals surface area contributed by atoms with Crippen LogP contribution in [-0.4, -0.2) is 47.4 Å². The van der Waals surface area contributed by atoms with E-state index in [9.17, 15) is 4.79 Å². The van der Waals surface area contributed by atoms with E-state index in [1.54, 1.807) is 0 Å². The van der Waals surface area contributed by atoms with Crippen molar-refractivity contribution in [2.75, 3.05) is 31.2 Å². The Morgan fingerprint density at radius 3 is 2.67 bits per heavy atom. The maximum absolute atomic E-state index is 11.9. The zero-order chi connectivity index (χ0) is 23.2. The molecule has 2 aromatic heterocycles. The lowest BCUT2D eigenvalue weighted by atomic mass is 9.87. The summed E-state index contributed by atoms with van der Waals surface area (Å²) in [4.78, 5) is 23.1. The van der Waals surface area contributed by atoms with Crippen molar-refractivity contribution in [1.82, 2.24) is 15.1 Å². The third-order valence-corrected chi connectivity index (χ3v) is 6.44. The Morgan fingerprint density at radius 1 is 1.24 bits per heavy atom. The fraction of sp³-hybridized carbons (Fsp3) is 0.600. The molecule has 1 fully saturated rings. The first-order valence-electron chi connectivity index (χ1n) is 12.1. The summed E-state index contributed by atoms with van der Waals surface area (Å²) in [6.07, 6.45) is 8.47. The first kappa shape index (κ1) is 23.3. The normalized spacial score (nSPS) is 19.5. The second kappa shape index (κ2) is 10.8. The number of hydrogen-bond acceptors (Lipinski definition) is 8. The molecule has 178 valence electrons. The molecule has 0 N–H and O–H groups in total. The number of carbonyl (C=O) groups excluding carboxylic acids is 1. The second-order valence-corrected chi connectivity index (χ2v) is 9.17. The van der Waals surface area contributed by atoms with E-state index in [4.69, 9.17) is 14.0 Å². The number of allylic oxidation sites excluding steroid dienone is 2. The van der Waals surface area contributed by atoms with Crippen LogP contribution < -0.4 is 9.64 Å². The molecule has 3 heterocycles. The minimum Gasteiger partial charge on any atom is -0.477 e. The average Bonchev–Trinajstić information content (AvgIpc) is 3.35. The Morgan fingerprint density at radius 2 is 2.06 bits per heavy atom. The molecule has 2 aromatic rings. The molecule has 4 rings (SSSR count). The molecule has 1 aliphatic heterocycles. The Labute approximate surface area is 195 Å². The summed E-state index contributed by atoms with van der Waals surface area (Å²) in [5.74, 6) is 2.05. The zero-order valence-corrected chi connectivity index (χ0v) is 19.8. The van der Waals surface area contributed by atoms with Crippen LogP contribution in [0.5, 0.6) is 5.88 Å². The van der Waals surface area contributed by atoms with E-state index in [1.165, 1.54) is 5.57 Å². The molecule has 33 heavy (non-hydrogen) atoms. The van der Waals surface area contributed by atoms with Crippen LogP contribution in [0.3, 0.4) is 0 Å². The topological polar surface area (TPSA) is 90.6 Å². The van der Waals surface area contributed by atoms with Gasteiger partial charge in [-0.1, -0.05) is 25.1 Å². The van der Waals surface area contributed by atoms with E-state index in [0.29, 0.717) is 31.0 Å². The highest BCUT2D eigenvalue weighted by atomic mass is 16.5. The van der Waals surface area contributed by atoms with Crippen LogP contribution in [0, 0.1) is 11.8 Å². The Hall–Kier alpha value is -2.90. The molecular formula is C25H34N4O4. The van der Waals surface area contributed by atoms with Crippen molar-refractivity contribution >= 4 is 17.6 Å². The maximum atomic E-state index is 11.9. The van der Waals surface area contributed by atoms with Gasteiger partial charge in [-0.15, -0.1) is 0 Å². The van der Waals surface area contributed by atoms with Crippen molar-refractivity contribution in [2.24, 2.45) is 11.8 Å². The first-order chi connectivity index (χ1) is 16.0. The standard InChI is InChI=1S/C25H34N4O4/c1-4-31-24(30)20-7-5-19(6-8-20)21-9-10-22(26-15-21)32-16-18-11-13-29(14-12-18)25-27-23(17(2)3)28-33-25/h5,9-10,15,17-18,20H,4,6-8,11-14,16H2,1-3H3. The molecule has 0 spiro atoms. The van der Waals surface area contributed by atoms with Gasteiger partial charge in [0.1, 0.15) is 0 Å². The van der Waals surface area contributed by atoms with Crippen LogP contribution in [0.2, 0.25) is 0 Å². The zero-order valence-electron chi connectivity index (χ0n) is 19.8. The van der Waals surface area contributed by atoms with Gasteiger partial charge in [0.15, 0.2) is 5.82 Å². The van der Waals surface area contributed by atoms with Gasteiger partial charge >= 0.3 is 12.0 Å². The number of nitrogens with zero attached hydrogens (tertiary/aromatic N) is 4. The van der Waals surface area contributed by atoms with Crippen LogP contribution in [0.15, 0.2) is 28.9 Å². The molecule has 8 heteroatoms. The van der Waals surface area contributed by atoms with Crippen molar-refractivity contribution in [2.45, 2.75) is 58.8 Å². The van der Waals surface area contributed by atoms with Gasteiger partial charge in [0, 0.05) is 31.3 Å². The van der Waals surface area contributed by atoms with E-state index < -0.39 is 0 Å². The smallest absolute Gasteiger partial charge is 0.324 e. The molecule has 0 amide bonds. The summed E-state index contributed by atoms with van der Waals surface area (Å²) in [6, 6.07) is 4.62. The molecule has 0 radical (unpaired) electrons. The Balaban J connectivity index is 1.22. The fourth-order valence-corrected chi connectivity index (χ4v) is 4.31. The van der Waals surface area contributed by atoms with Gasteiger partial charge in [-0.05, 0) is 62.1 Å². The fourth-order valence-electron chi connectivity index (χ4n) is 4.31. The summed E-state index contributed by atoms with van der Waals surface area (Å²) < 4.78 is 16.5. The van der Waals surface area contributed by atoms with Gasteiger partial charge in [0.25, 0.3) is 0 Å². The van der Waals surface area contributed by atoms with Crippen molar-refractivity contribution in [3.63, 3.8) is 0 Å². The molecule has 0 bridgehead atoms. The van der Waals surface area contributed by atoms with E-state index in [2.05, 4.69) is 46.0 Å². The summed E-state index contributed by atoms with van der Waals surface area (Å²) in [5, 5.41) is 4.06. The van der Waals surface area contributed by atoms with Gasteiger partial charge in [-0.3, -0.25) is 4.79 Å². The van der Waals surface area contributed by atoms with Crippen molar-refractivity contribution in [3.8, 4) is 5.88 Å². The van der Waals surface area contributed by atoms with Crippen LogP contribution in [-0.2, 0) is 9.53 Å². The predicted octanol–water partition coefficient (Wildman–Crippen LogP) is 4.63. The third kappa shape index (κ3) is 5.92. The van der Waals surface area contributed by atoms with Crippen LogP contribution in [0.4, 0.5) is 6.01 Å². The number of esters is 1. The van der Waals surface area contributed by atoms with Crippen molar-refractivity contribution in [1.29, 1.82) is 0 Å². The van der Waals surface area contributed by atoms with Crippen molar-refractivity contribution < 1.29 is 18.8 Å². The van der Waals surface area contributed by atoms with Gasteiger partial charge in [-0.25, -0.2) is 4.98 Å². The Kier molecular flexibility index (Phi) is 7.62. The highest BCUT2D eigenvalue weighted by molar-refractivity contribution is 5.75. The van der Waals surface area contributed by atoms with E-state index in [0.717, 1.165) is 56.6 Å². The summed E-state index contributed by atoms with van der Waals surface area (Å²) in [5.41, 5.74) is 2.34. The van der Waals surface area contributed by atoms with Crippen molar-refractivity contribution in [3.05, 3.63) is 35.8 Å². The molecule has 1 aliphatic carbocycles. The molecule has 0 aromatic carbocycles. The molecule has 0 saturated carbocycles. The molecule has 1 saturated heterocycles. The summed E-state index contributed by atoms with van der Waals surface area (Å²) in [7, 11) is 0. The number of hydrogen-bond donors (Lipinski definition) is 0. The maximum Gasteiger partial charge on any atom is 0.324 e. The number of ether oxygens (including phenoxy) is 2. The van der Waals surface area contributed by atoms with Gasteiger partial charge in [-0.2, -0.15) is 4.98 Å². The van der Waals surface area contributed by atoms with Gasteiger partial charge in [0.2, 0.25) is 5.88 Å². The minimum atomic E-state index is -0.0853. The Bertz CT molecular complexity index is 946. The highest BCUT2D eigenvalue weighted by Gasteiger charge is 2.25. The number of anilines is 1. The third-order valence-electron chi connectivity index (χ3n) is 6.44. The monoisotopic (exact) mass is 454 g/mol. The molecule has 8 nitrogen and oxygen atoms in total.